The van der Waals surface area contributed by atoms with Crippen LogP contribution in [0.4, 0.5) is 0 Å². The third-order valence-corrected chi connectivity index (χ3v) is 1.10. The van der Waals surface area contributed by atoms with E-state index in [1.807, 2.05) is 0 Å². The van der Waals surface area contributed by atoms with Crippen molar-refractivity contribution < 1.29 is 30.0 Å². The molecule has 0 aliphatic rings. The number of carbonyl (C=O) groups is 2. The van der Waals surface area contributed by atoms with Gasteiger partial charge in [-0.3, -0.25) is 9.59 Å². The number of hydrogen-bond acceptors (Lipinski definition) is 4. The predicted molar refractivity (Wildman–Crippen MR) is 59.2 cm³/mol. The Labute approximate surface area is 95.5 Å². The van der Waals surface area contributed by atoms with Crippen LogP contribution in [0.2, 0.25) is 0 Å². The van der Waals surface area contributed by atoms with E-state index in [9.17, 15) is 0 Å². The molecule has 1 unspecified atom stereocenters. The number of carboxylic acids is 2. The maximum atomic E-state index is 9.00. The van der Waals surface area contributed by atoms with Gasteiger partial charge < -0.3 is 20.4 Å². The molecule has 0 rings (SSSR count). The summed E-state index contributed by atoms with van der Waals surface area (Å²) in [5, 5.41) is 31.9. The average molecular weight is 238 g/mol. The number of carboxylic acid groups (broad SMARTS) is 2. The lowest BCUT2D eigenvalue weighted by Gasteiger charge is -2.02. The van der Waals surface area contributed by atoms with Gasteiger partial charge in [-0.1, -0.05) is 19.8 Å². The summed E-state index contributed by atoms with van der Waals surface area (Å²) in [5.74, 6) is -1.67. The summed E-state index contributed by atoms with van der Waals surface area (Å²) < 4.78 is 0. The van der Waals surface area contributed by atoms with Gasteiger partial charge in [0.1, 0.15) is 0 Å². The van der Waals surface area contributed by atoms with Gasteiger partial charge in [0.15, 0.2) is 0 Å². The molecule has 16 heavy (non-hydrogen) atoms. The van der Waals surface area contributed by atoms with E-state index in [-0.39, 0.29) is 6.61 Å². The number of aliphatic hydroxyl groups excluding tert-OH is 2. The lowest BCUT2D eigenvalue weighted by atomic mass is 10.2. The summed E-state index contributed by atoms with van der Waals surface area (Å²) >= 11 is 0. The summed E-state index contributed by atoms with van der Waals surface area (Å²) in [5.41, 5.74) is 0. The SMILES string of the molecule is CC(=O)O.CC(=O)O.CCCCC(O)CO. The monoisotopic (exact) mass is 238 g/mol. The first-order valence-electron chi connectivity index (χ1n) is 4.95. The van der Waals surface area contributed by atoms with Crippen LogP contribution in [0.15, 0.2) is 0 Å². The maximum absolute atomic E-state index is 9.00. The maximum Gasteiger partial charge on any atom is 0.300 e. The lowest BCUT2D eigenvalue weighted by molar-refractivity contribution is -0.135. The summed E-state index contributed by atoms with van der Waals surface area (Å²) in [6, 6.07) is 0. The van der Waals surface area contributed by atoms with Crippen molar-refractivity contribution in [2.24, 2.45) is 0 Å². The topological polar surface area (TPSA) is 115 Å². The predicted octanol–water partition coefficient (Wildman–Crippen LogP) is 0.712. The minimum absolute atomic E-state index is 0.0972. The Balaban J connectivity index is -0.000000179. The minimum Gasteiger partial charge on any atom is -0.481 e. The number of rotatable bonds is 4. The second kappa shape index (κ2) is 16.3. The van der Waals surface area contributed by atoms with E-state index in [0.29, 0.717) is 0 Å². The molecule has 4 N–H and O–H groups in total. The summed E-state index contributed by atoms with van der Waals surface area (Å²) in [4.78, 5) is 18.0. The van der Waals surface area contributed by atoms with Gasteiger partial charge in [0.05, 0.1) is 12.7 Å². The number of hydrogen-bond donors (Lipinski definition) is 4. The molecule has 98 valence electrons. The van der Waals surface area contributed by atoms with Crippen molar-refractivity contribution in [1.82, 2.24) is 0 Å². The first-order chi connectivity index (χ1) is 7.27. The van der Waals surface area contributed by atoms with Gasteiger partial charge in [-0.05, 0) is 6.42 Å². The molecule has 0 fully saturated rings. The quantitative estimate of drug-likeness (QED) is 0.573. The largest absolute Gasteiger partial charge is 0.481 e. The van der Waals surface area contributed by atoms with Gasteiger partial charge >= 0.3 is 0 Å². The summed E-state index contributed by atoms with van der Waals surface area (Å²) in [7, 11) is 0. The standard InChI is InChI=1S/C6H14O2.2C2H4O2/c1-2-3-4-6(8)5-7;2*1-2(3)4/h6-8H,2-5H2,1H3;2*1H3,(H,3,4). The lowest BCUT2D eigenvalue weighted by Crippen LogP contribution is -2.10. The molecular formula is C10H22O6. The van der Waals surface area contributed by atoms with Crippen LogP contribution in [-0.4, -0.2) is 45.1 Å². The Kier molecular flexibility index (Phi) is 20.7. The van der Waals surface area contributed by atoms with Crippen molar-refractivity contribution in [3.8, 4) is 0 Å². The summed E-state index contributed by atoms with van der Waals surface area (Å²) in [6.45, 7) is 4.13. The van der Waals surface area contributed by atoms with Gasteiger partial charge in [0.2, 0.25) is 0 Å². The van der Waals surface area contributed by atoms with Crippen LogP contribution in [0.5, 0.6) is 0 Å². The van der Waals surface area contributed by atoms with Crippen molar-refractivity contribution in [1.29, 1.82) is 0 Å². The third kappa shape index (κ3) is 76.6. The second-order valence-electron chi connectivity index (χ2n) is 3.02. The molecule has 0 amide bonds. The molecule has 0 aliphatic heterocycles. The molecule has 0 aromatic heterocycles. The molecule has 6 heteroatoms. The molecule has 0 saturated carbocycles. The van der Waals surface area contributed by atoms with Gasteiger partial charge in [-0.15, -0.1) is 0 Å². The van der Waals surface area contributed by atoms with Crippen LogP contribution < -0.4 is 0 Å². The fraction of sp³-hybridized carbons (Fsp3) is 0.800. The molecule has 1 atom stereocenters. The van der Waals surface area contributed by atoms with E-state index >= 15 is 0 Å². The number of aliphatic hydroxyl groups is 2. The van der Waals surface area contributed by atoms with Crippen molar-refractivity contribution in [3.63, 3.8) is 0 Å². The van der Waals surface area contributed by atoms with Crippen LogP contribution in [0.3, 0.4) is 0 Å². The first-order valence-corrected chi connectivity index (χ1v) is 4.95. The van der Waals surface area contributed by atoms with Gasteiger partial charge in [0, 0.05) is 13.8 Å². The molecule has 0 bridgehead atoms. The molecule has 0 spiro atoms. The molecule has 0 aromatic carbocycles. The van der Waals surface area contributed by atoms with E-state index < -0.39 is 18.0 Å². The fourth-order valence-corrected chi connectivity index (χ4v) is 0.531. The highest BCUT2D eigenvalue weighted by atomic mass is 16.4. The summed E-state index contributed by atoms with van der Waals surface area (Å²) in [6.07, 6.45) is 2.32. The normalized spacial score (nSPS) is 10.1. The molecule has 6 nitrogen and oxygen atoms in total. The Bertz CT molecular complexity index is 149. The van der Waals surface area contributed by atoms with Crippen LogP contribution in [0, 0.1) is 0 Å². The van der Waals surface area contributed by atoms with E-state index in [4.69, 9.17) is 30.0 Å². The zero-order chi connectivity index (χ0) is 13.6. The first kappa shape index (κ1) is 20.3. The van der Waals surface area contributed by atoms with Crippen LogP contribution in [0.1, 0.15) is 40.0 Å². The zero-order valence-electron chi connectivity index (χ0n) is 10.0. The van der Waals surface area contributed by atoms with Crippen LogP contribution in [0.25, 0.3) is 0 Å². The fourth-order valence-electron chi connectivity index (χ4n) is 0.531. The molecule has 0 aliphatic carbocycles. The Hall–Kier alpha value is -1.14. The number of aliphatic carboxylic acids is 2. The molecule has 0 radical (unpaired) electrons. The highest BCUT2D eigenvalue weighted by Crippen LogP contribution is 1.97. The number of unbranched alkanes of at least 4 members (excludes halogenated alkanes) is 1. The average Bonchev–Trinajstić information content (AvgIpc) is 2.12. The third-order valence-electron chi connectivity index (χ3n) is 1.10. The molecule has 0 aromatic rings. The van der Waals surface area contributed by atoms with Crippen molar-refractivity contribution in [2.45, 2.75) is 46.1 Å². The van der Waals surface area contributed by atoms with Gasteiger partial charge in [-0.2, -0.15) is 0 Å². The Morgan fingerprint density at radius 1 is 1.12 bits per heavy atom. The second-order valence-corrected chi connectivity index (χ2v) is 3.02. The van der Waals surface area contributed by atoms with E-state index in [2.05, 4.69) is 6.92 Å². The van der Waals surface area contributed by atoms with Crippen molar-refractivity contribution in [2.75, 3.05) is 6.61 Å². The highest BCUT2D eigenvalue weighted by molar-refractivity contribution is 5.63. The van der Waals surface area contributed by atoms with Gasteiger partial charge in [0.25, 0.3) is 11.9 Å². The Morgan fingerprint density at radius 3 is 1.62 bits per heavy atom. The highest BCUT2D eigenvalue weighted by Gasteiger charge is 1.97. The van der Waals surface area contributed by atoms with Crippen LogP contribution in [-0.2, 0) is 9.59 Å². The van der Waals surface area contributed by atoms with E-state index in [1.54, 1.807) is 0 Å². The molecule has 0 heterocycles. The Morgan fingerprint density at radius 2 is 1.44 bits per heavy atom. The molecule has 0 saturated heterocycles. The van der Waals surface area contributed by atoms with E-state index in [0.717, 1.165) is 33.1 Å². The zero-order valence-corrected chi connectivity index (χ0v) is 10.0. The van der Waals surface area contributed by atoms with Crippen molar-refractivity contribution in [3.05, 3.63) is 0 Å². The van der Waals surface area contributed by atoms with Crippen LogP contribution >= 0.6 is 0 Å². The van der Waals surface area contributed by atoms with Gasteiger partial charge in [-0.25, -0.2) is 0 Å². The van der Waals surface area contributed by atoms with E-state index in [1.165, 1.54) is 0 Å². The smallest absolute Gasteiger partial charge is 0.300 e. The minimum atomic E-state index is -0.833. The van der Waals surface area contributed by atoms with Crippen molar-refractivity contribution >= 4 is 11.9 Å². The molecular weight excluding hydrogens is 216 g/mol.